The summed E-state index contributed by atoms with van der Waals surface area (Å²) in [6.45, 7) is 5.84. The van der Waals surface area contributed by atoms with Crippen molar-refractivity contribution in [1.82, 2.24) is 10.3 Å². The third-order valence-corrected chi connectivity index (χ3v) is 2.99. The minimum Gasteiger partial charge on any atom is -0.439 e. The van der Waals surface area contributed by atoms with Gasteiger partial charge in [-0.3, -0.25) is 0 Å². The number of halogens is 1. The zero-order chi connectivity index (χ0) is 13.7. The summed E-state index contributed by atoms with van der Waals surface area (Å²) in [4.78, 5) is 4.45. The third-order valence-electron chi connectivity index (χ3n) is 2.75. The smallest absolute Gasteiger partial charge is 0.219 e. The minimum atomic E-state index is 0.583. The lowest BCUT2D eigenvalue weighted by atomic mass is 10.2. The van der Waals surface area contributed by atoms with Crippen molar-refractivity contribution in [3.05, 3.63) is 52.7 Å². The monoisotopic (exact) mass is 276 g/mol. The van der Waals surface area contributed by atoms with Gasteiger partial charge in [-0.2, -0.15) is 0 Å². The second-order valence-electron chi connectivity index (χ2n) is 4.23. The maximum absolute atomic E-state index is 5.92. The molecule has 0 amide bonds. The largest absolute Gasteiger partial charge is 0.439 e. The summed E-state index contributed by atoms with van der Waals surface area (Å²) in [5, 5.41) is 3.93. The lowest BCUT2D eigenvalue weighted by Crippen LogP contribution is -2.13. The molecule has 0 saturated carbocycles. The molecule has 1 aromatic carbocycles. The highest BCUT2D eigenvalue weighted by Gasteiger charge is 2.04. The van der Waals surface area contributed by atoms with Gasteiger partial charge in [0.2, 0.25) is 5.88 Å². The summed E-state index contributed by atoms with van der Waals surface area (Å²) < 4.78 is 5.68. The number of rotatable bonds is 5. The molecule has 0 aliphatic heterocycles. The van der Waals surface area contributed by atoms with Crippen molar-refractivity contribution < 1.29 is 4.74 Å². The summed E-state index contributed by atoms with van der Waals surface area (Å²) in [6.07, 6.45) is 0. The Labute approximate surface area is 118 Å². The van der Waals surface area contributed by atoms with Crippen molar-refractivity contribution in [2.24, 2.45) is 0 Å². The van der Waals surface area contributed by atoms with Crippen LogP contribution in [-0.4, -0.2) is 11.5 Å². The van der Waals surface area contributed by atoms with E-state index in [2.05, 4.69) is 17.2 Å². The number of nitrogens with one attached hydrogen (secondary N) is 1. The summed E-state index contributed by atoms with van der Waals surface area (Å²) in [7, 11) is 0. The predicted octanol–water partition coefficient (Wildman–Crippen LogP) is 3.95. The first-order valence-electron chi connectivity index (χ1n) is 6.29. The van der Waals surface area contributed by atoms with E-state index < -0.39 is 0 Å². The Kier molecular flexibility index (Phi) is 4.77. The van der Waals surface area contributed by atoms with Gasteiger partial charge >= 0.3 is 0 Å². The van der Waals surface area contributed by atoms with E-state index in [1.165, 1.54) is 5.56 Å². The van der Waals surface area contributed by atoms with Gasteiger partial charge in [-0.15, -0.1) is 0 Å². The van der Waals surface area contributed by atoms with E-state index in [0.717, 1.165) is 18.8 Å². The first kappa shape index (κ1) is 13.8. The molecule has 0 bridgehead atoms. The molecule has 1 heterocycles. The van der Waals surface area contributed by atoms with Crippen molar-refractivity contribution in [2.45, 2.75) is 20.4 Å². The van der Waals surface area contributed by atoms with Crippen LogP contribution in [0, 0.1) is 6.92 Å². The molecule has 0 spiro atoms. The normalized spacial score (nSPS) is 10.5. The summed E-state index contributed by atoms with van der Waals surface area (Å²) in [5.74, 6) is 1.28. The summed E-state index contributed by atoms with van der Waals surface area (Å²) in [6, 6.07) is 11.2. The van der Waals surface area contributed by atoms with Gasteiger partial charge in [0.15, 0.2) is 0 Å². The molecule has 0 unspecified atom stereocenters. The second-order valence-corrected chi connectivity index (χ2v) is 4.67. The van der Waals surface area contributed by atoms with Crippen LogP contribution in [0.5, 0.6) is 11.6 Å². The molecule has 4 heteroatoms. The number of hydrogen-bond donors (Lipinski definition) is 1. The Morgan fingerprint density at radius 2 is 2.11 bits per heavy atom. The fourth-order valence-corrected chi connectivity index (χ4v) is 1.90. The van der Waals surface area contributed by atoms with Crippen LogP contribution in [-0.2, 0) is 6.54 Å². The number of benzene rings is 1. The molecular weight excluding hydrogens is 260 g/mol. The van der Waals surface area contributed by atoms with Crippen LogP contribution in [0.15, 0.2) is 36.4 Å². The maximum atomic E-state index is 5.92. The molecule has 0 aliphatic carbocycles. The van der Waals surface area contributed by atoms with Crippen molar-refractivity contribution in [3.8, 4) is 11.6 Å². The molecule has 0 radical (unpaired) electrons. The van der Waals surface area contributed by atoms with Crippen LogP contribution < -0.4 is 10.1 Å². The molecule has 0 fully saturated rings. The first-order valence-corrected chi connectivity index (χ1v) is 6.67. The van der Waals surface area contributed by atoms with Crippen molar-refractivity contribution >= 4 is 11.6 Å². The Morgan fingerprint density at radius 1 is 1.26 bits per heavy atom. The van der Waals surface area contributed by atoms with Crippen LogP contribution in [0.1, 0.15) is 18.2 Å². The van der Waals surface area contributed by atoms with Crippen LogP contribution >= 0.6 is 11.6 Å². The van der Waals surface area contributed by atoms with Crippen LogP contribution in [0.2, 0.25) is 5.02 Å². The van der Waals surface area contributed by atoms with Crippen LogP contribution in [0.4, 0.5) is 0 Å². The fraction of sp³-hybridized carbons (Fsp3) is 0.267. The molecule has 0 aliphatic rings. The number of pyridine rings is 1. The summed E-state index contributed by atoms with van der Waals surface area (Å²) >= 11 is 5.92. The molecule has 0 atom stereocenters. The topological polar surface area (TPSA) is 34.1 Å². The van der Waals surface area contributed by atoms with E-state index in [1.54, 1.807) is 6.07 Å². The molecule has 1 N–H and O–H groups in total. The number of aryl methyl sites for hydroxylation is 1. The van der Waals surface area contributed by atoms with Gasteiger partial charge in [0.1, 0.15) is 5.75 Å². The van der Waals surface area contributed by atoms with E-state index in [-0.39, 0.29) is 0 Å². The van der Waals surface area contributed by atoms with Gasteiger partial charge in [0, 0.05) is 23.3 Å². The standard InChI is InChI=1S/C15H17ClN2O/c1-3-17-10-12-7-8-15(18-11(12)2)19-14-6-4-5-13(16)9-14/h4-9,17H,3,10H2,1-2H3. The third kappa shape index (κ3) is 3.94. The lowest BCUT2D eigenvalue weighted by Gasteiger charge is -2.09. The molecule has 2 aromatic rings. The van der Waals surface area contributed by atoms with Gasteiger partial charge in [-0.25, -0.2) is 4.98 Å². The SMILES string of the molecule is CCNCc1ccc(Oc2cccc(Cl)c2)nc1C. The number of ether oxygens (including phenoxy) is 1. The van der Waals surface area contributed by atoms with Gasteiger partial charge in [-0.1, -0.05) is 30.7 Å². The minimum absolute atomic E-state index is 0.583. The fourth-order valence-electron chi connectivity index (χ4n) is 1.72. The van der Waals surface area contributed by atoms with Gasteiger partial charge in [-0.05, 0) is 37.2 Å². The highest BCUT2D eigenvalue weighted by molar-refractivity contribution is 6.30. The maximum Gasteiger partial charge on any atom is 0.219 e. The van der Waals surface area contributed by atoms with E-state index >= 15 is 0 Å². The lowest BCUT2D eigenvalue weighted by molar-refractivity contribution is 0.461. The molecule has 19 heavy (non-hydrogen) atoms. The second kappa shape index (κ2) is 6.55. The van der Waals surface area contributed by atoms with Crippen LogP contribution in [0.3, 0.4) is 0 Å². The average molecular weight is 277 g/mol. The highest BCUT2D eigenvalue weighted by atomic mass is 35.5. The van der Waals surface area contributed by atoms with Crippen molar-refractivity contribution in [3.63, 3.8) is 0 Å². The van der Waals surface area contributed by atoms with Crippen LogP contribution in [0.25, 0.3) is 0 Å². The zero-order valence-corrected chi connectivity index (χ0v) is 11.9. The molecule has 3 nitrogen and oxygen atoms in total. The highest BCUT2D eigenvalue weighted by Crippen LogP contribution is 2.23. The van der Waals surface area contributed by atoms with E-state index in [4.69, 9.17) is 16.3 Å². The average Bonchev–Trinajstić information content (AvgIpc) is 2.38. The first-order chi connectivity index (χ1) is 9.19. The molecule has 100 valence electrons. The number of aromatic nitrogens is 1. The summed E-state index contributed by atoms with van der Waals surface area (Å²) in [5.41, 5.74) is 2.15. The molecule has 2 rings (SSSR count). The quantitative estimate of drug-likeness (QED) is 0.898. The Morgan fingerprint density at radius 3 is 2.79 bits per heavy atom. The molecule has 1 aromatic heterocycles. The van der Waals surface area contributed by atoms with Gasteiger partial charge < -0.3 is 10.1 Å². The van der Waals surface area contributed by atoms with E-state index in [0.29, 0.717) is 16.7 Å². The Hall–Kier alpha value is -1.58. The molecular formula is C15H17ClN2O. The van der Waals surface area contributed by atoms with E-state index in [9.17, 15) is 0 Å². The molecule has 0 saturated heterocycles. The Balaban J connectivity index is 2.11. The predicted molar refractivity (Wildman–Crippen MR) is 77.9 cm³/mol. The van der Waals surface area contributed by atoms with Gasteiger partial charge in [0.25, 0.3) is 0 Å². The van der Waals surface area contributed by atoms with Gasteiger partial charge in [0.05, 0.1) is 0 Å². The Bertz CT molecular complexity index is 558. The number of nitrogens with zero attached hydrogens (tertiary/aromatic N) is 1. The zero-order valence-electron chi connectivity index (χ0n) is 11.1. The van der Waals surface area contributed by atoms with Crippen molar-refractivity contribution in [2.75, 3.05) is 6.54 Å². The van der Waals surface area contributed by atoms with E-state index in [1.807, 2.05) is 37.3 Å². The van der Waals surface area contributed by atoms with Crippen molar-refractivity contribution in [1.29, 1.82) is 0 Å². The number of hydrogen-bond acceptors (Lipinski definition) is 3.